The summed E-state index contributed by atoms with van der Waals surface area (Å²) in [6.45, 7) is 8.23. The van der Waals surface area contributed by atoms with Crippen molar-refractivity contribution in [3.05, 3.63) is 18.2 Å². The van der Waals surface area contributed by atoms with Crippen LogP contribution in [0.1, 0.15) is 39.3 Å². The van der Waals surface area contributed by atoms with Gasteiger partial charge in [0.1, 0.15) is 5.60 Å². The first-order chi connectivity index (χ1) is 10.7. The van der Waals surface area contributed by atoms with Gasteiger partial charge in [-0.2, -0.15) is 0 Å². The minimum atomic E-state index is -0.570. The van der Waals surface area contributed by atoms with Gasteiger partial charge in [0.25, 0.3) is 0 Å². The Bertz CT molecular complexity index is 576. The fraction of sp³-hybridized carbons (Fsp3) is 0.688. The minimum Gasteiger partial charge on any atom is -0.466 e. The topological polar surface area (TPSA) is 73.7 Å². The van der Waals surface area contributed by atoms with Gasteiger partial charge < -0.3 is 18.9 Å². The van der Waals surface area contributed by atoms with Crippen LogP contribution in [0.4, 0.5) is 4.79 Å². The molecule has 0 unspecified atom stereocenters. The number of hydrogen-bond donors (Lipinski definition) is 0. The number of likely N-dealkylation sites (tertiary alicyclic amines) is 1. The average molecular weight is 323 g/mol. The Labute approximate surface area is 136 Å². The molecule has 0 bridgehead atoms. The number of amides is 1. The first-order valence-corrected chi connectivity index (χ1v) is 7.83. The molecule has 23 heavy (non-hydrogen) atoms. The van der Waals surface area contributed by atoms with Gasteiger partial charge >= 0.3 is 12.1 Å². The number of ether oxygens (including phenoxy) is 2. The van der Waals surface area contributed by atoms with Crippen LogP contribution < -0.4 is 0 Å². The molecule has 0 saturated carbocycles. The van der Waals surface area contributed by atoms with Crippen molar-refractivity contribution in [3.63, 3.8) is 0 Å². The molecule has 0 aromatic carbocycles. The molecule has 2 atom stereocenters. The lowest BCUT2D eigenvalue weighted by molar-refractivity contribution is -0.147. The SMILES string of the molecule is CCOC(=O)[C@@H]1CN(C(=O)OC(C)(C)C)C[C@@H]1c1cn(C)cn1. The molecular weight excluding hydrogens is 298 g/mol. The van der Waals surface area contributed by atoms with E-state index in [1.165, 1.54) is 0 Å². The lowest BCUT2D eigenvalue weighted by atomic mass is 9.93. The van der Waals surface area contributed by atoms with Gasteiger partial charge in [-0.1, -0.05) is 0 Å². The maximum absolute atomic E-state index is 12.3. The third-order valence-corrected chi connectivity index (χ3v) is 3.67. The molecule has 1 saturated heterocycles. The molecule has 2 rings (SSSR count). The molecule has 1 aromatic heterocycles. The number of carbonyl (C=O) groups is 2. The number of hydrogen-bond acceptors (Lipinski definition) is 5. The van der Waals surface area contributed by atoms with Crippen molar-refractivity contribution in [1.29, 1.82) is 0 Å². The Kier molecular flexibility index (Phi) is 4.97. The molecule has 1 aromatic rings. The van der Waals surface area contributed by atoms with Crippen LogP contribution >= 0.6 is 0 Å². The summed E-state index contributed by atoms with van der Waals surface area (Å²) in [4.78, 5) is 30.4. The molecule has 1 amide bonds. The number of nitrogens with zero attached hydrogens (tertiary/aromatic N) is 3. The zero-order valence-corrected chi connectivity index (χ0v) is 14.4. The van der Waals surface area contributed by atoms with E-state index in [1.807, 2.05) is 38.6 Å². The molecule has 0 aliphatic carbocycles. The summed E-state index contributed by atoms with van der Waals surface area (Å²) in [5.41, 5.74) is 0.219. The van der Waals surface area contributed by atoms with E-state index in [-0.39, 0.29) is 18.4 Å². The molecular formula is C16H25N3O4. The normalized spacial score (nSPS) is 21.3. The molecule has 0 spiro atoms. The highest BCUT2D eigenvalue weighted by Gasteiger charge is 2.43. The van der Waals surface area contributed by atoms with Gasteiger partial charge in [-0.05, 0) is 27.7 Å². The van der Waals surface area contributed by atoms with Gasteiger partial charge in [-0.15, -0.1) is 0 Å². The van der Waals surface area contributed by atoms with E-state index in [1.54, 1.807) is 18.2 Å². The highest BCUT2D eigenvalue weighted by atomic mass is 16.6. The van der Waals surface area contributed by atoms with Crippen molar-refractivity contribution in [2.75, 3.05) is 19.7 Å². The van der Waals surface area contributed by atoms with Crippen LogP contribution in [0.15, 0.2) is 12.5 Å². The van der Waals surface area contributed by atoms with Gasteiger partial charge in [0, 0.05) is 32.3 Å². The van der Waals surface area contributed by atoms with E-state index in [0.29, 0.717) is 13.2 Å². The van der Waals surface area contributed by atoms with Crippen molar-refractivity contribution >= 4 is 12.1 Å². The van der Waals surface area contributed by atoms with Crippen molar-refractivity contribution in [2.45, 2.75) is 39.2 Å². The number of aryl methyl sites for hydroxylation is 1. The van der Waals surface area contributed by atoms with Gasteiger partial charge in [0.05, 0.1) is 24.5 Å². The van der Waals surface area contributed by atoms with Gasteiger partial charge in [-0.25, -0.2) is 9.78 Å². The van der Waals surface area contributed by atoms with Crippen LogP contribution in [-0.2, 0) is 21.3 Å². The summed E-state index contributed by atoms with van der Waals surface area (Å²) in [5, 5.41) is 0. The third kappa shape index (κ3) is 4.24. The summed E-state index contributed by atoms with van der Waals surface area (Å²) >= 11 is 0. The smallest absolute Gasteiger partial charge is 0.410 e. The predicted octanol–water partition coefficient (Wildman–Crippen LogP) is 1.93. The van der Waals surface area contributed by atoms with Crippen molar-refractivity contribution in [2.24, 2.45) is 13.0 Å². The van der Waals surface area contributed by atoms with Gasteiger partial charge in [-0.3, -0.25) is 4.79 Å². The zero-order chi connectivity index (χ0) is 17.2. The van der Waals surface area contributed by atoms with E-state index >= 15 is 0 Å². The highest BCUT2D eigenvalue weighted by Crippen LogP contribution is 2.33. The van der Waals surface area contributed by atoms with Crippen molar-refractivity contribution < 1.29 is 19.1 Å². The van der Waals surface area contributed by atoms with E-state index in [2.05, 4.69) is 4.98 Å². The predicted molar refractivity (Wildman–Crippen MR) is 83.9 cm³/mol. The van der Waals surface area contributed by atoms with E-state index < -0.39 is 17.6 Å². The standard InChI is InChI=1S/C16H25N3O4/c1-6-22-14(20)12-8-19(15(21)23-16(2,3)4)7-11(12)13-9-18(5)10-17-13/h9-12H,6-8H2,1-5H3/t11-,12+/m0/s1. The molecule has 1 aliphatic rings. The number of esters is 1. The molecule has 1 aliphatic heterocycles. The third-order valence-electron chi connectivity index (χ3n) is 3.67. The van der Waals surface area contributed by atoms with E-state index in [4.69, 9.17) is 9.47 Å². The van der Waals surface area contributed by atoms with Crippen LogP contribution in [0.25, 0.3) is 0 Å². The summed E-state index contributed by atoms with van der Waals surface area (Å²) in [7, 11) is 1.87. The number of rotatable bonds is 3. The maximum atomic E-state index is 12.3. The van der Waals surface area contributed by atoms with E-state index in [0.717, 1.165) is 5.69 Å². The van der Waals surface area contributed by atoms with Gasteiger partial charge in [0.15, 0.2) is 0 Å². The minimum absolute atomic E-state index is 0.178. The van der Waals surface area contributed by atoms with Crippen LogP contribution in [0.3, 0.4) is 0 Å². The van der Waals surface area contributed by atoms with Crippen molar-refractivity contribution in [3.8, 4) is 0 Å². The summed E-state index contributed by atoms with van der Waals surface area (Å²) in [6.07, 6.45) is 3.15. The lowest BCUT2D eigenvalue weighted by Gasteiger charge is -2.24. The molecule has 0 N–H and O–H groups in total. The monoisotopic (exact) mass is 323 g/mol. The average Bonchev–Trinajstić information content (AvgIpc) is 3.02. The molecule has 128 valence electrons. The first-order valence-electron chi connectivity index (χ1n) is 7.83. The Morgan fingerprint density at radius 2 is 2.04 bits per heavy atom. The second-order valence-electron chi connectivity index (χ2n) is 6.81. The Morgan fingerprint density at radius 1 is 1.35 bits per heavy atom. The van der Waals surface area contributed by atoms with E-state index in [9.17, 15) is 9.59 Å². The van der Waals surface area contributed by atoms with Gasteiger partial charge in [0.2, 0.25) is 0 Å². The second-order valence-corrected chi connectivity index (χ2v) is 6.81. The fourth-order valence-corrected chi connectivity index (χ4v) is 2.69. The molecule has 1 fully saturated rings. The zero-order valence-electron chi connectivity index (χ0n) is 14.4. The second kappa shape index (κ2) is 6.60. The maximum Gasteiger partial charge on any atom is 0.410 e. The fourth-order valence-electron chi connectivity index (χ4n) is 2.69. The summed E-state index contributed by atoms with van der Waals surface area (Å²) < 4.78 is 12.4. The largest absolute Gasteiger partial charge is 0.466 e. The first kappa shape index (κ1) is 17.3. The molecule has 7 nitrogen and oxygen atoms in total. The van der Waals surface area contributed by atoms with Crippen molar-refractivity contribution in [1.82, 2.24) is 14.5 Å². The summed E-state index contributed by atoms with van der Waals surface area (Å²) in [5.74, 6) is -0.894. The van der Waals surface area contributed by atoms with Crippen LogP contribution in [0.5, 0.6) is 0 Å². The quantitative estimate of drug-likeness (QED) is 0.795. The van der Waals surface area contributed by atoms with Crippen LogP contribution in [0, 0.1) is 5.92 Å². The Balaban J connectivity index is 2.18. The molecule has 7 heteroatoms. The summed E-state index contributed by atoms with van der Waals surface area (Å²) in [6, 6.07) is 0. The molecule has 0 radical (unpaired) electrons. The Morgan fingerprint density at radius 3 is 2.57 bits per heavy atom. The molecule has 2 heterocycles. The number of imidazole rings is 1. The highest BCUT2D eigenvalue weighted by molar-refractivity contribution is 5.77. The number of carbonyl (C=O) groups excluding carboxylic acids is 2. The van der Waals surface area contributed by atoms with Crippen LogP contribution in [0.2, 0.25) is 0 Å². The van der Waals surface area contributed by atoms with Crippen LogP contribution in [-0.4, -0.2) is 51.8 Å². The number of aromatic nitrogens is 2. The Hall–Kier alpha value is -2.05. The lowest BCUT2D eigenvalue weighted by Crippen LogP contribution is -2.36.